The number of nitrogens with one attached hydrogen (secondary N) is 12. The Kier molecular flexibility index (Phi) is 38.6. The number of aliphatic hydroxyl groups is 2. The number of aromatic amines is 3. The standard InChI is InChI=1S/C90H120N20O24S/c1-7-9-20-68-84(128)99-60(27-29-76(118)119)81(125)105-67(80(124)96-42-74(92)116)45-135-46-75(117)98-63(32-49-23-25-54(112)26-24-49)86(130)106(4)48(3)78(122)102-65(38-73(91)115)89(133)109-31-15-22-69(109)85(129)101-62(36-53-41-93-47-97-53)82(126)100-61(28-30-77(120)121)88(132)110-43-55(113)37-71(110)72(114)35-50(33-51-39-94-58-18-13-11-16-56(51)58)79(123)104-66(44-111)83(127)103-64(34-52-40-95-59-19-14-12-17-57(52)59)87(131)108(6)70(21-10-8-2)90(134)107(68)5/h11-14,16-19,23-26,39-41,47-48,50,55,60-71,94-95,111-113H,7-10,15,20-22,27-38,42-46H2,1-6H3,(H2,91,115)(H2,92,116)(H,93,97)(H,96,124)(H,98,117)(H,99,128)(H,100,126)(H,101,129)(H,102,122)(H,103,127)(H,104,123)(H,105,125)(H,118,119)(H,120,121)/t48-,50+,55+,60-,61-,62-,63-,64-,65-,66-,67-,68-,69-,70-,71-/m0/s1. The van der Waals surface area contributed by atoms with Crippen molar-refractivity contribution in [1.82, 2.24) is 92.3 Å². The zero-order valence-corrected chi connectivity index (χ0v) is 76.6. The number of thioether (sulfide) groups is 1. The molecule has 3 aromatic carbocycles. The molecule has 0 unspecified atom stereocenters. The highest BCUT2D eigenvalue weighted by Crippen LogP contribution is 2.30. The summed E-state index contributed by atoms with van der Waals surface area (Å²) in [5.74, 6) is -22.9. The SMILES string of the molecule is CCCC[C@H]1C(=O)N(C)[C@@H](CCCC)C(=O)N[C@@H](CCC(=O)O)C(=O)N[C@H](C(=O)NCC(N)=O)CSCC(=O)N[C@@H](Cc2ccc(O)cc2)C(=O)N(C)[C@@H](C)C(=O)N[C@@H](CC(N)=O)C(=O)N2CCC[C@H]2C(=O)N[C@@H](Cc2c[nH]cn2)C(=O)N[C@@H](CCC(=O)O)C(=O)N2C[C@H](O)C[C@H]2C(=O)C[C@@H](Cc2c[nH]c3ccccc23)C(=O)N[C@@H](CO)C(=O)N[C@@H](Cc2c[nH]c3ccccc23)C(=O)N1C. The molecule has 16 amide bonds. The van der Waals surface area contributed by atoms with Crippen molar-refractivity contribution in [1.29, 1.82) is 0 Å². The number of unbranched alkanes of at least 4 members (excludes halogenated alkanes) is 2. The van der Waals surface area contributed by atoms with Crippen LogP contribution in [-0.4, -0.2) is 326 Å². The highest BCUT2D eigenvalue weighted by atomic mass is 32.2. The van der Waals surface area contributed by atoms with Crippen LogP contribution >= 0.6 is 11.8 Å². The number of aliphatic carboxylic acids is 2. The van der Waals surface area contributed by atoms with Crippen LogP contribution in [0.4, 0.5) is 0 Å². The van der Waals surface area contributed by atoms with Crippen LogP contribution in [0.3, 0.4) is 0 Å². The maximum atomic E-state index is 15.7. The van der Waals surface area contributed by atoms with Gasteiger partial charge in [-0.1, -0.05) is 88.1 Å². The van der Waals surface area contributed by atoms with Crippen molar-refractivity contribution < 1.29 is 117 Å². The molecule has 15 atom stereocenters. The first kappa shape index (κ1) is 105. The lowest BCUT2D eigenvalue weighted by Crippen LogP contribution is -2.61. The molecular formula is C90H120N20O24S. The van der Waals surface area contributed by atoms with E-state index in [-0.39, 0.29) is 75.8 Å². The van der Waals surface area contributed by atoms with Crippen LogP contribution in [0.25, 0.3) is 21.8 Å². The number of carboxylic acid groups (broad SMARTS) is 2. The number of phenolic OH excluding ortho intramolecular Hbond substituents is 1. The van der Waals surface area contributed by atoms with Gasteiger partial charge in [0.05, 0.1) is 49.5 Å². The molecule has 3 saturated heterocycles. The van der Waals surface area contributed by atoms with Gasteiger partial charge in [0.2, 0.25) is 94.5 Å². The number of ketones is 1. The molecule has 0 spiro atoms. The fourth-order valence-electron chi connectivity index (χ4n) is 16.6. The highest BCUT2D eigenvalue weighted by molar-refractivity contribution is 8.00. The van der Waals surface area contributed by atoms with Gasteiger partial charge in [-0.2, -0.15) is 0 Å². The summed E-state index contributed by atoms with van der Waals surface area (Å²) < 4.78 is 0. The number of benzene rings is 3. The molecule has 9 rings (SSSR count). The second-order valence-electron chi connectivity index (χ2n) is 34.0. The topological polar surface area (TPSA) is 662 Å². The monoisotopic (exact) mass is 1900 g/mol. The number of primary amides is 2. The largest absolute Gasteiger partial charge is 0.508 e. The Bertz CT molecular complexity index is 5280. The zero-order valence-electron chi connectivity index (χ0n) is 75.8. The van der Waals surface area contributed by atoms with Crippen LogP contribution < -0.4 is 59.3 Å². The molecule has 0 radical (unpaired) electrons. The van der Waals surface area contributed by atoms with E-state index in [1.165, 1.54) is 64.9 Å². The number of aliphatic hydroxyl groups excluding tert-OH is 2. The number of carboxylic acids is 2. The molecular weight excluding hydrogens is 1780 g/mol. The predicted octanol–water partition coefficient (Wildman–Crippen LogP) is -2.42. The van der Waals surface area contributed by atoms with E-state index in [0.29, 0.717) is 63.1 Å². The number of carbonyl (C=O) groups excluding carboxylic acids is 17. The van der Waals surface area contributed by atoms with Crippen molar-refractivity contribution in [2.45, 2.75) is 227 Å². The molecule has 0 bridgehead atoms. The van der Waals surface area contributed by atoms with E-state index < -0.39 is 285 Å². The average molecular weight is 1900 g/mol. The van der Waals surface area contributed by atoms with E-state index in [2.05, 4.69) is 67.8 Å². The number of aromatic nitrogens is 4. The Morgan fingerprint density at radius 3 is 1.70 bits per heavy atom. The summed E-state index contributed by atoms with van der Waals surface area (Å²) in [7, 11) is 3.75. The van der Waals surface area contributed by atoms with Gasteiger partial charge in [0, 0.05) is 131 Å². The summed E-state index contributed by atoms with van der Waals surface area (Å²) >= 11 is 0.693. The summed E-state index contributed by atoms with van der Waals surface area (Å²) in [5.41, 5.74) is 13.8. The summed E-state index contributed by atoms with van der Waals surface area (Å²) in [4.78, 5) is 292. The van der Waals surface area contributed by atoms with Gasteiger partial charge in [0.25, 0.3) is 0 Å². The molecule has 3 fully saturated rings. The Labute approximate surface area is 780 Å². The number of likely N-dealkylation sites (N-methyl/N-ethyl adjacent to an activating group) is 3. The molecule has 3 aliphatic heterocycles. The summed E-state index contributed by atoms with van der Waals surface area (Å²) in [6, 6.07) is -2.25. The minimum Gasteiger partial charge on any atom is -0.508 e. The molecule has 0 saturated carbocycles. The van der Waals surface area contributed by atoms with E-state index in [1.807, 2.05) is 6.92 Å². The minimum absolute atomic E-state index is 0.0596. The number of phenols is 1. The first-order chi connectivity index (χ1) is 64.3. The molecule has 3 aliphatic rings. The average Bonchev–Trinajstić information content (AvgIpc) is 1.66. The molecule has 135 heavy (non-hydrogen) atoms. The number of nitrogens with zero attached hydrogens (tertiary/aromatic N) is 6. The Hall–Kier alpha value is -13.9. The Balaban J connectivity index is 1.10. The quantitative estimate of drug-likeness (QED) is 0.0269. The van der Waals surface area contributed by atoms with Crippen LogP contribution in [-0.2, 0) is 117 Å². The normalized spacial score (nSPS) is 24.8. The van der Waals surface area contributed by atoms with E-state index >= 15 is 38.4 Å². The molecule has 44 nitrogen and oxygen atoms in total. The lowest BCUT2D eigenvalue weighted by Gasteiger charge is -2.36. The number of amides is 16. The maximum Gasteiger partial charge on any atom is 0.303 e. The van der Waals surface area contributed by atoms with Gasteiger partial charge in [-0.25, -0.2) is 4.98 Å². The summed E-state index contributed by atoms with van der Waals surface area (Å²) in [5, 5.41) is 77.0. The van der Waals surface area contributed by atoms with Crippen LogP contribution in [0.2, 0.25) is 0 Å². The van der Waals surface area contributed by atoms with E-state index in [1.54, 1.807) is 67.8 Å². The minimum atomic E-state index is -1.92. The van der Waals surface area contributed by atoms with E-state index in [9.17, 15) is 78.3 Å². The third-order valence-corrected chi connectivity index (χ3v) is 25.2. The van der Waals surface area contributed by atoms with Crippen molar-refractivity contribution in [2.75, 3.05) is 58.9 Å². The predicted molar refractivity (Wildman–Crippen MR) is 486 cm³/mol. The number of aromatic hydroxyl groups is 1. The zero-order chi connectivity index (χ0) is 98.6. The molecule has 6 heterocycles. The number of nitrogens with two attached hydrogens (primary N) is 2. The van der Waals surface area contributed by atoms with Crippen LogP contribution in [0.5, 0.6) is 5.75 Å². The summed E-state index contributed by atoms with van der Waals surface area (Å²) in [6.07, 6.45) is -0.585. The highest BCUT2D eigenvalue weighted by Gasteiger charge is 2.47. The van der Waals surface area contributed by atoms with Crippen molar-refractivity contribution in [3.05, 3.63) is 120 Å². The molecule has 0 aliphatic carbocycles. The van der Waals surface area contributed by atoms with E-state index in [4.69, 9.17) is 11.5 Å². The van der Waals surface area contributed by atoms with Crippen LogP contribution in [0.15, 0.2) is 97.7 Å². The number of para-hydroxylation sites is 2. The number of carbonyl (C=O) groups is 19. The fourth-order valence-corrected chi connectivity index (χ4v) is 17.5. The Morgan fingerprint density at radius 2 is 1.09 bits per heavy atom. The van der Waals surface area contributed by atoms with Gasteiger partial charge in [0.1, 0.15) is 78.3 Å². The van der Waals surface area contributed by atoms with Crippen LogP contribution in [0, 0.1) is 5.92 Å². The number of H-pyrrole nitrogens is 3. The number of Topliss-reactive ketones (excluding diaryl/α,β-unsaturated/α-hetero) is 1. The lowest BCUT2D eigenvalue weighted by atomic mass is 9.90. The third-order valence-electron chi connectivity index (χ3n) is 24.2. The van der Waals surface area contributed by atoms with Crippen molar-refractivity contribution in [2.24, 2.45) is 17.4 Å². The van der Waals surface area contributed by atoms with Gasteiger partial charge < -0.3 is 124 Å². The third kappa shape index (κ3) is 29.1. The number of imidazole rings is 1. The molecule has 45 heteroatoms. The lowest BCUT2D eigenvalue weighted by molar-refractivity contribution is -0.149. The van der Waals surface area contributed by atoms with Gasteiger partial charge in [-0.3, -0.25) is 91.1 Å². The maximum absolute atomic E-state index is 15.7. The number of hydrogen-bond donors (Lipinski definition) is 19. The smallest absolute Gasteiger partial charge is 0.303 e. The fraction of sp³-hybridized carbons (Fsp3) is 0.511. The molecule has 730 valence electrons. The molecule has 3 aromatic heterocycles. The van der Waals surface area contributed by atoms with Gasteiger partial charge in [-0.15, -0.1) is 11.8 Å². The van der Waals surface area contributed by atoms with Crippen molar-refractivity contribution in [3.8, 4) is 5.75 Å². The second kappa shape index (κ2) is 49.8. The second-order valence-corrected chi connectivity index (χ2v) is 35.1. The first-order valence-corrected chi connectivity index (χ1v) is 45.8. The van der Waals surface area contributed by atoms with Gasteiger partial charge >= 0.3 is 11.9 Å². The number of fused-ring (bicyclic) bond motifs is 4. The van der Waals surface area contributed by atoms with Gasteiger partial charge in [-0.05, 0) is 92.8 Å². The first-order valence-electron chi connectivity index (χ1n) is 44.7. The number of hydrogen-bond acceptors (Lipinski definition) is 24. The molecule has 6 aromatic rings. The van der Waals surface area contributed by atoms with Crippen LogP contribution in [0.1, 0.15) is 139 Å². The Morgan fingerprint density at radius 1 is 0.541 bits per heavy atom. The van der Waals surface area contributed by atoms with E-state index in [0.717, 1.165) is 24.5 Å². The van der Waals surface area contributed by atoms with Crippen molar-refractivity contribution >= 4 is 146 Å². The summed E-state index contributed by atoms with van der Waals surface area (Å²) in [6.45, 7) is 2.16. The number of rotatable bonds is 26. The molecule has 21 N–H and O–H groups in total. The van der Waals surface area contributed by atoms with Crippen molar-refractivity contribution in [3.63, 3.8) is 0 Å². The van der Waals surface area contributed by atoms with Gasteiger partial charge in [0.15, 0.2) is 5.78 Å².